The topological polar surface area (TPSA) is 26.3 Å². The molecule has 19 heavy (non-hydrogen) atoms. The summed E-state index contributed by atoms with van der Waals surface area (Å²) in [5.74, 6) is 0.0854. The summed E-state index contributed by atoms with van der Waals surface area (Å²) < 4.78 is 19.0. The average molecular weight is 285 g/mol. The summed E-state index contributed by atoms with van der Waals surface area (Å²) in [4.78, 5) is 11.9. The molecule has 4 heteroatoms. The van der Waals surface area contributed by atoms with Crippen LogP contribution in [0.4, 0.5) is 4.39 Å². The minimum atomic E-state index is -0.401. The second kappa shape index (κ2) is 6.49. The highest BCUT2D eigenvalue weighted by molar-refractivity contribution is 6.30. The Bertz CT molecular complexity index is 455. The Hall–Kier alpha value is -0.930. The minimum absolute atomic E-state index is 0.0844. The molecule has 1 fully saturated rings. The van der Waals surface area contributed by atoms with Crippen molar-refractivity contribution in [2.75, 3.05) is 6.61 Å². The molecule has 1 aromatic rings. The first-order valence-corrected chi connectivity index (χ1v) is 7.03. The summed E-state index contributed by atoms with van der Waals surface area (Å²) >= 11 is 5.68. The molecule has 0 unspecified atom stereocenters. The SMILES string of the molecule is CCOC1CC(CC(=O)Cc2ccc(Cl)cc2F)C1. The number of Topliss-reactive ketones (excluding diaryl/α,β-unsaturated/α-hetero) is 1. The number of benzene rings is 1. The lowest BCUT2D eigenvalue weighted by molar-refractivity contribution is -0.121. The first-order chi connectivity index (χ1) is 9.08. The van der Waals surface area contributed by atoms with Crippen LogP contribution in [0.3, 0.4) is 0 Å². The molecule has 0 saturated heterocycles. The summed E-state index contributed by atoms with van der Waals surface area (Å²) in [6, 6.07) is 4.44. The van der Waals surface area contributed by atoms with E-state index in [0.717, 1.165) is 19.4 Å². The molecule has 0 spiro atoms. The van der Waals surface area contributed by atoms with Gasteiger partial charge in [0.05, 0.1) is 6.10 Å². The van der Waals surface area contributed by atoms with Crippen LogP contribution < -0.4 is 0 Å². The molecule has 2 rings (SSSR count). The van der Waals surface area contributed by atoms with Gasteiger partial charge in [-0.25, -0.2) is 4.39 Å². The Labute approximate surface area is 117 Å². The van der Waals surface area contributed by atoms with Crippen LogP contribution in [-0.4, -0.2) is 18.5 Å². The fraction of sp³-hybridized carbons (Fsp3) is 0.533. The van der Waals surface area contributed by atoms with E-state index in [1.165, 1.54) is 6.07 Å². The molecule has 1 aromatic carbocycles. The third kappa shape index (κ3) is 4.02. The van der Waals surface area contributed by atoms with Crippen molar-refractivity contribution in [2.24, 2.45) is 5.92 Å². The quantitative estimate of drug-likeness (QED) is 0.794. The summed E-state index contributed by atoms with van der Waals surface area (Å²) in [6.07, 6.45) is 2.88. The number of carbonyl (C=O) groups is 1. The number of rotatable bonds is 6. The number of hydrogen-bond acceptors (Lipinski definition) is 2. The number of ether oxygens (including phenoxy) is 1. The molecule has 1 saturated carbocycles. The van der Waals surface area contributed by atoms with Crippen LogP contribution in [0.5, 0.6) is 0 Å². The molecule has 0 N–H and O–H groups in total. The third-order valence-electron chi connectivity index (χ3n) is 3.51. The molecule has 1 aliphatic carbocycles. The van der Waals surface area contributed by atoms with E-state index in [1.54, 1.807) is 12.1 Å². The Balaban J connectivity index is 1.79. The second-order valence-electron chi connectivity index (χ2n) is 5.07. The third-order valence-corrected chi connectivity index (χ3v) is 3.75. The van der Waals surface area contributed by atoms with Crippen LogP contribution in [0.25, 0.3) is 0 Å². The molecule has 0 aromatic heterocycles. The van der Waals surface area contributed by atoms with E-state index < -0.39 is 5.82 Å². The van der Waals surface area contributed by atoms with Crippen molar-refractivity contribution in [3.63, 3.8) is 0 Å². The van der Waals surface area contributed by atoms with Crippen molar-refractivity contribution in [3.05, 3.63) is 34.6 Å². The van der Waals surface area contributed by atoms with E-state index >= 15 is 0 Å². The van der Waals surface area contributed by atoms with Crippen LogP contribution in [0.1, 0.15) is 31.7 Å². The standard InChI is InChI=1S/C15H18ClFO2/c1-2-19-14-6-10(7-14)5-13(18)8-11-3-4-12(16)9-15(11)17/h3-4,9-10,14H,2,5-8H2,1H3. The van der Waals surface area contributed by atoms with Gasteiger partial charge in [0, 0.05) is 24.5 Å². The number of halogens is 2. The maximum absolute atomic E-state index is 13.5. The van der Waals surface area contributed by atoms with Crippen LogP contribution in [0, 0.1) is 11.7 Å². The number of carbonyl (C=O) groups excluding carboxylic acids is 1. The van der Waals surface area contributed by atoms with Gasteiger partial charge in [-0.2, -0.15) is 0 Å². The second-order valence-corrected chi connectivity index (χ2v) is 5.51. The summed E-state index contributed by atoms with van der Waals surface area (Å²) in [6.45, 7) is 2.70. The maximum Gasteiger partial charge on any atom is 0.137 e. The van der Waals surface area contributed by atoms with Gasteiger partial charge >= 0.3 is 0 Å². The van der Waals surface area contributed by atoms with Gasteiger partial charge in [0.2, 0.25) is 0 Å². The molecular weight excluding hydrogens is 267 g/mol. The number of ketones is 1. The maximum atomic E-state index is 13.5. The molecule has 2 nitrogen and oxygen atoms in total. The predicted molar refractivity (Wildman–Crippen MR) is 72.9 cm³/mol. The Morgan fingerprint density at radius 1 is 1.47 bits per heavy atom. The van der Waals surface area contributed by atoms with Crippen LogP contribution in [-0.2, 0) is 16.0 Å². The molecule has 0 bridgehead atoms. The largest absolute Gasteiger partial charge is 0.378 e. The van der Waals surface area contributed by atoms with Crippen molar-refractivity contribution >= 4 is 17.4 Å². The van der Waals surface area contributed by atoms with E-state index in [1.807, 2.05) is 6.92 Å². The lowest BCUT2D eigenvalue weighted by Crippen LogP contribution is -2.33. The molecule has 0 heterocycles. The Morgan fingerprint density at radius 2 is 2.21 bits per heavy atom. The van der Waals surface area contributed by atoms with Crippen molar-refractivity contribution in [1.29, 1.82) is 0 Å². The lowest BCUT2D eigenvalue weighted by atomic mass is 9.78. The molecule has 0 radical (unpaired) electrons. The first kappa shape index (κ1) is 14.5. The van der Waals surface area contributed by atoms with Gasteiger partial charge in [-0.05, 0) is 43.4 Å². The van der Waals surface area contributed by atoms with Crippen molar-refractivity contribution in [2.45, 2.75) is 38.7 Å². The summed E-state index contributed by atoms with van der Waals surface area (Å²) in [7, 11) is 0. The fourth-order valence-corrected chi connectivity index (χ4v) is 2.64. The van der Waals surface area contributed by atoms with Gasteiger partial charge in [0.25, 0.3) is 0 Å². The minimum Gasteiger partial charge on any atom is -0.378 e. The molecule has 0 aliphatic heterocycles. The van der Waals surface area contributed by atoms with E-state index in [2.05, 4.69) is 0 Å². The highest BCUT2D eigenvalue weighted by Crippen LogP contribution is 2.33. The van der Waals surface area contributed by atoms with Gasteiger partial charge < -0.3 is 4.74 Å². The van der Waals surface area contributed by atoms with Gasteiger partial charge in [-0.1, -0.05) is 17.7 Å². The Morgan fingerprint density at radius 3 is 2.84 bits per heavy atom. The fourth-order valence-electron chi connectivity index (χ4n) is 2.48. The first-order valence-electron chi connectivity index (χ1n) is 6.65. The smallest absolute Gasteiger partial charge is 0.137 e. The zero-order valence-electron chi connectivity index (χ0n) is 11.0. The van der Waals surface area contributed by atoms with Crippen molar-refractivity contribution in [1.82, 2.24) is 0 Å². The van der Waals surface area contributed by atoms with E-state index in [9.17, 15) is 9.18 Å². The molecular formula is C15H18ClFO2. The number of hydrogen-bond donors (Lipinski definition) is 0. The van der Waals surface area contributed by atoms with Crippen LogP contribution in [0.15, 0.2) is 18.2 Å². The zero-order valence-corrected chi connectivity index (χ0v) is 11.8. The van der Waals surface area contributed by atoms with Gasteiger partial charge in [0.1, 0.15) is 11.6 Å². The summed E-state index contributed by atoms with van der Waals surface area (Å²) in [5, 5.41) is 0.354. The van der Waals surface area contributed by atoms with Crippen molar-refractivity contribution < 1.29 is 13.9 Å². The van der Waals surface area contributed by atoms with Crippen LogP contribution in [0.2, 0.25) is 5.02 Å². The van der Waals surface area contributed by atoms with Gasteiger partial charge in [0.15, 0.2) is 0 Å². The lowest BCUT2D eigenvalue weighted by Gasteiger charge is -2.34. The monoisotopic (exact) mass is 284 g/mol. The van der Waals surface area contributed by atoms with Gasteiger partial charge in [-0.15, -0.1) is 0 Å². The molecule has 0 amide bonds. The summed E-state index contributed by atoms with van der Waals surface area (Å²) in [5.41, 5.74) is 0.426. The van der Waals surface area contributed by atoms with Crippen molar-refractivity contribution in [3.8, 4) is 0 Å². The van der Waals surface area contributed by atoms with Gasteiger partial charge in [-0.3, -0.25) is 4.79 Å². The molecule has 1 aliphatic rings. The average Bonchev–Trinajstić information content (AvgIpc) is 2.30. The van der Waals surface area contributed by atoms with E-state index in [0.29, 0.717) is 29.0 Å². The van der Waals surface area contributed by atoms with Crippen LogP contribution >= 0.6 is 11.6 Å². The highest BCUT2D eigenvalue weighted by Gasteiger charge is 2.30. The molecule has 0 atom stereocenters. The Kier molecular flexibility index (Phi) is 4.94. The van der Waals surface area contributed by atoms with E-state index in [4.69, 9.17) is 16.3 Å². The normalized spacial score (nSPS) is 22.1. The molecule has 104 valence electrons. The predicted octanol–water partition coefficient (Wildman–Crippen LogP) is 3.80. The highest BCUT2D eigenvalue weighted by atomic mass is 35.5. The zero-order chi connectivity index (χ0) is 13.8. The van der Waals surface area contributed by atoms with E-state index in [-0.39, 0.29) is 12.2 Å².